The van der Waals surface area contributed by atoms with Crippen LogP contribution in [0.1, 0.15) is 0 Å². The molecule has 35 heavy (non-hydrogen) atoms. The van der Waals surface area contributed by atoms with Crippen molar-refractivity contribution in [1.29, 1.82) is 0 Å². The summed E-state index contributed by atoms with van der Waals surface area (Å²) in [7, 11) is 0. The number of aromatic nitrogens is 2. The predicted octanol–water partition coefficient (Wildman–Crippen LogP) is 8.53. The second kappa shape index (κ2) is 7.93. The molecular formula is C32H20N2O. The summed E-state index contributed by atoms with van der Waals surface area (Å²) < 4.78 is 6.39. The van der Waals surface area contributed by atoms with Crippen molar-refractivity contribution in [2.24, 2.45) is 0 Å². The molecule has 0 bridgehead atoms. The molecule has 0 aliphatic heterocycles. The van der Waals surface area contributed by atoms with E-state index in [2.05, 4.69) is 66.7 Å². The van der Waals surface area contributed by atoms with Gasteiger partial charge in [0.1, 0.15) is 11.2 Å². The maximum atomic E-state index is 6.39. The molecule has 0 unspecified atom stereocenters. The third kappa shape index (κ3) is 3.29. The van der Waals surface area contributed by atoms with Gasteiger partial charge in [0.15, 0.2) is 5.82 Å². The Morgan fingerprint density at radius 2 is 1.09 bits per heavy atom. The minimum atomic E-state index is 0.704. The highest BCUT2D eigenvalue weighted by atomic mass is 16.3. The molecule has 0 spiro atoms. The molecule has 2 aromatic heterocycles. The molecule has 0 aliphatic carbocycles. The summed E-state index contributed by atoms with van der Waals surface area (Å²) in [5.74, 6) is 0.704. The van der Waals surface area contributed by atoms with E-state index in [0.29, 0.717) is 5.82 Å². The second-order valence-corrected chi connectivity index (χ2v) is 8.64. The van der Waals surface area contributed by atoms with Crippen LogP contribution in [0.15, 0.2) is 126 Å². The van der Waals surface area contributed by atoms with Crippen molar-refractivity contribution in [3.05, 3.63) is 121 Å². The van der Waals surface area contributed by atoms with E-state index < -0.39 is 0 Å². The fourth-order valence-corrected chi connectivity index (χ4v) is 4.78. The molecule has 0 fully saturated rings. The molecule has 7 aromatic rings. The molecule has 0 saturated heterocycles. The van der Waals surface area contributed by atoms with Crippen molar-refractivity contribution in [2.75, 3.05) is 0 Å². The molecule has 0 saturated carbocycles. The molecule has 3 nitrogen and oxygen atoms in total. The maximum absolute atomic E-state index is 6.39. The number of benzene rings is 5. The molecule has 3 heteroatoms. The zero-order valence-corrected chi connectivity index (χ0v) is 18.8. The number of hydrogen-bond acceptors (Lipinski definition) is 3. The van der Waals surface area contributed by atoms with Crippen molar-refractivity contribution in [2.45, 2.75) is 0 Å². The number of fused-ring (bicyclic) bond motifs is 5. The van der Waals surface area contributed by atoms with Crippen LogP contribution in [-0.4, -0.2) is 9.97 Å². The quantitative estimate of drug-likeness (QED) is 0.272. The van der Waals surface area contributed by atoms with E-state index in [-0.39, 0.29) is 0 Å². The smallest absolute Gasteiger partial charge is 0.160 e. The number of nitrogens with zero attached hydrogens (tertiary/aromatic N) is 2. The Labute approximate surface area is 202 Å². The van der Waals surface area contributed by atoms with Crippen LogP contribution in [0.4, 0.5) is 0 Å². The highest BCUT2D eigenvalue weighted by Crippen LogP contribution is 2.39. The minimum Gasteiger partial charge on any atom is -0.455 e. The van der Waals surface area contributed by atoms with Gasteiger partial charge in [0, 0.05) is 21.9 Å². The number of furan rings is 1. The lowest BCUT2D eigenvalue weighted by atomic mass is 9.99. The summed E-state index contributed by atoms with van der Waals surface area (Å²) in [6, 6.07) is 41.4. The number of hydrogen-bond donors (Lipinski definition) is 0. The van der Waals surface area contributed by atoms with Crippen LogP contribution in [0.3, 0.4) is 0 Å². The molecule has 5 aromatic carbocycles. The summed E-state index contributed by atoms with van der Waals surface area (Å²) >= 11 is 0. The summed E-state index contributed by atoms with van der Waals surface area (Å²) in [6.45, 7) is 0. The highest BCUT2D eigenvalue weighted by Gasteiger charge is 2.18. The maximum Gasteiger partial charge on any atom is 0.160 e. The van der Waals surface area contributed by atoms with Gasteiger partial charge in [0.05, 0.1) is 16.6 Å². The summed E-state index contributed by atoms with van der Waals surface area (Å²) in [5.41, 5.74) is 7.81. The molecule has 0 aliphatic rings. The molecule has 0 atom stereocenters. The summed E-state index contributed by atoms with van der Waals surface area (Å²) in [4.78, 5) is 10.0. The first-order chi connectivity index (χ1) is 17.3. The van der Waals surface area contributed by atoms with Crippen LogP contribution in [0.5, 0.6) is 0 Å². The van der Waals surface area contributed by atoms with E-state index in [1.165, 1.54) is 11.1 Å². The monoisotopic (exact) mass is 448 g/mol. The molecule has 0 amide bonds. The van der Waals surface area contributed by atoms with Crippen LogP contribution in [0, 0.1) is 0 Å². The van der Waals surface area contributed by atoms with Gasteiger partial charge in [-0.05, 0) is 29.3 Å². The highest BCUT2D eigenvalue weighted by molar-refractivity contribution is 6.17. The third-order valence-electron chi connectivity index (χ3n) is 6.50. The van der Waals surface area contributed by atoms with Gasteiger partial charge in [-0.15, -0.1) is 0 Å². The molecule has 164 valence electrons. The van der Waals surface area contributed by atoms with Crippen LogP contribution < -0.4 is 0 Å². The van der Waals surface area contributed by atoms with E-state index in [9.17, 15) is 0 Å². The largest absolute Gasteiger partial charge is 0.455 e. The predicted molar refractivity (Wildman–Crippen MR) is 143 cm³/mol. The van der Waals surface area contributed by atoms with Crippen molar-refractivity contribution in [3.63, 3.8) is 0 Å². The van der Waals surface area contributed by atoms with E-state index in [1.54, 1.807) is 0 Å². The fraction of sp³-hybridized carbons (Fsp3) is 0. The minimum absolute atomic E-state index is 0.704. The van der Waals surface area contributed by atoms with Gasteiger partial charge in [0.25, 0.3) is 0 Å². The Balaban J connectivity index is 1.52. The molecular weight excluding hydrogens is 428 g/mol. The van der Waals surface area contributed by atoms with E-state index in [4.69, 9.17) is 14.4 Å². The van der Waals surface area contributed by atoms with E-state index in [0.717, 1.165) is 49.7 Å². The number of para-hydroxylation sites is 1. The van der Waals surface area contributed by atoms with E-state index >= 15 is 0 Å². The first-order valence-corrected chi connectivity index (χ1v) is 11.7. The molecule has 0 N–H and O–H groups in total. The topological polar surface area (TPSA) is 38.9 Å². The molecule has 7 rings (SSSR count). The zero-order valence-electron chi connectivity index (χ0n) is 18.8. The van der Waals surface area contributed by atoms with Gasteiger partial charge in [0.2, 0.25) is 0 Å². The first-order valence-electron chi connectivity index (χ1n) is 11.7. The van der Waals surface area contributed by atoms with Gasteiger partial charge in [-0.2, -0.15) is 0 Å². The Hall–Kier alpha value is -4.76. The Morgan fingerprint density at radius 3 is 1.86 bits per heavy atom. The number of rotatable bonds is 3. The molecule has 2 heterocycles. The van der Waals surface area contributed by atoms with Gasteiger partial charge >= 0.3 is 0 Å². The van der Waals surface area contributed by atoms with Crippen LogP contribution in [0.25, 0.3) is 66.6 Å². The summed E-state index contributed by atoms with van der Waals surface area (Å²) in [5, 5.41) is 3.11. The Morgan fingerprint density at radius 1 is 0.457 bits per heavy atom. The SMILES string of the molecule is c1ccc(-c2ccc(-c3nc(-c4ccccc4)nc4ccc5c6ccccc6oc5c34)cc2)cc1. The lowest BCUT2D eigenvalue weighted by Gasteiger charge is -2.11. The van der Waals surface area contributed by atoms with Gasteiger partial charge < -0.3 is 4.42 Å². The Kier molecular flexibility index (Phi) is 4.46. The lowest BCUT2D eigenvalue weighted by molar-refractivity contribution is 0.672. The average molecular weight is 449 g/mol. The lowest BCUT2D eigenvalue weighted by Crippen LogP contribution is -1.95. The van der Waals surface area contributed by atoms with Crippen LogP contribution in [-0.2, 0) is 0 Å². The summed E-state index contributed by atoms with van der Waals surface area (Å²) in [6.07, 6.45) is 0. The molecule has 0 radical (unpaired) electrons. The van der Waals surface area contributed by atoms with Crippen molar-refractivity contribution < 1.29 is 4.42 Å². The first kappa shape index (κ1) is 19.7. The van der Waals surface area contributed by atoms with Crippen molar-refractivity contribution >= 4 is 32.8 Å². The van der Waals surface area contributed by atoms with Gasteiger partial charge in [-0.3, -0.25) is 0 Å². The van der Waals surface area contributed by atoms with Crippen LogP contribution in [0.2, 0.25) is 0 Å². The Bertz CT molecular complexity index is 1820. The zero-order chi connectivity index (χ0) is 23.2. The van der Waals surface area contributed by atoms with Crippen molar-refractivity contribution in [1.82, 2.24) is 9.97 Å². The van der Waals surface area contributed by atoms with Crippen LogP contribution >= 0.6 is 0 Å². The third-order valence-corrected chi connectivity index (χ3v) is 6.50. The van der Waals surface area contributed by atoms with Gasteiger partial charge in [-0.25, -0.2) is 9.97 Å². The normalized spacial score (nSPS) is 11.4. The standard InChI is InChI=1S/C32H20N2O/c1-3-9-21(10-4-1)22-15-17-23(18-16-22)30-29-27(33-32(34-30)24-11-5-2-6-12-24)20-19-26-25-13-7-8-14-28(25)35-31(26)29/h1-20H. The van der Waals surface area contributed by atoms with E-state index in [1.807, 2.05) is 54.6 Å². The fourth-order valence-electron chi connectivity index (χ4n) is 4.78. The van der Waals surface area contributed by atoms with Crippen molar-refractivity contribution in [3.8, 4) is 33.8 Å². The second-order valence-electron chi connectivity index (χ2n) is 8.64. The van der Waals surface area contributed by atoms with Gasteiger partial charge in [-0.1, -0.05) is 103 Å². The average Bonchev–Trinajstić information content (AvgIpc) is 3.32.